The molecule has 3 rings (SSSR count). The summed E-state index contributed by atoms with van der Waals surface area (Å²) in [4.78, 5) is 27.9. The molecule has 0 aliphatic carbocycles. The van der Waals surface area contributed by atoms with E-state index in [4.69, 9.17) is 9.47 Å². The Kier molecular flexibility index (Phi) is 6.84. The number of carbonyl (C=O) groups is 2. The van der Waals surface area contributed by atoms with Crippen molar-refractivity contribution in [3.63, 3.8) is 0 Å². The van der Waals surface area contributed by atoms with Gasteiger partial charge in [-0.2, -0.15) is 0 Å². The van der Waals surface area contributed by atoms with Gasteiger partial charge in [-0.15, -0.1) is 0 Å². The molecule has 29 heavy (non-hydrogen) atoms. The van der Waals surface area contributed by atoms with Gasteiger partial charge in [0.2, 0.25) is 0 Å². The zero-order valence-corrected chi connectivity index (χ0v) is 16.2. The molecule has 1 fully saturated rings. The fourth-order valence-electron chi connectivity index (χ4n) is 3.13. The Labute approximate surface area is 169 Å². The Hall–Kier alpha value is -3.35. The summed E-state index contributed by atoms with van der Waals surface area (Å²) in [6.07, 6.45) is 2.44. The molecule has 0 spiro atoms. The molecule has 1 aliphatic heterocycles. The molecule has 6 nitrogen and oxygen atoms in total. The van der Waals surface area contributed by atoms with Crippen molar-refractivity contribution in [2.45, 2.75) is 0 Å². The van der Waals surface area contributed by atoms with Gasteiger partial charge in [0.05, 0.1) is 12.8 Å². The first kappa shape index (κ1) is 20.4. The number of esters is 1. The predicted molar refractivity (Wildman–Crippen MR) is 108 cm³/mol. The molecule has 1 aliphatic rings. The number of anilines is 1. The number of amides is 1. The first-order valence-electron chi connectivity index (χ1n) is 9.33. The second-order valence-electron chi connectivity index (χ2n) is 6.50. The van der Waals surface area contributed by atoms with E-state index in [1.54, 1.807) is 30.2 Å². The monoisotopic (exact) mass is 398 g/mol. The van der Waals surface area contributed by atoms with Crippen LogP contribution < -0.4 is 9.64 Å². The molecule has 152 valence electrons. The van der Waals surface area contributed by atoms with Gasteiger partial charge in [0.1, 0.15) is 11.6 Å². The van der Waals surface area contributed by atoms with Crippen LogP contribution in [0.1, 0.15) is 5.56 Å². The van der Waals surface area contributed by atoms with Crippen LogP contribution in [0.3, 0.4) is 0 Å². The number of carbonyl (C=O) groups excluding carboxylic acids is 2. The molecule has 0 unspecified atom stereocenters. The largest absolute Gasteiger partial charge is 0.495 e. The third-order valence-corrected chi connectivity index (χ3v) is 4.70. The molecule has 1 heterocycles. The summed E-state index contributed by atoms with van der Waals surface area (Å²) in [6, 6.07) is 13.8. The first-order valence-corrected chi connectivity index (χ1v) is 9.33. The molecule has 2 aromatic carbocycles. The highest BCUT2D eigenvalue weighted by Gasteiger charge is 2.23. The third kappa shape index (κ3) is 5.34. The topological polar surface area (TPSA) is 59.1 Å². The summed E-state index contributed by atoms with van der Waals surface area (Å²) in [5.41, 5.74) is 1.27. The molecule has 2 aromatic rings. The number of para-hydroxylation sites is 2. The van der Waals surface area contributed by atoms with Gasteiger partial charge in [0, 0.05) is 37.8 Å². The van der Waals surface area contributed by atoms with Gasteiger partial charge in [-0.05, 0) is 24.3 Å². The fraction of sp³-hybridized carbons (Fsp3) is 0.273. The van der Waals surface area contributed by atoms with Gasteiger partial charge in [-0.1, -0.05) is 30.3 Å². The molecule has 0 bridgehead atoms. The van der Waals surface area contributed by atoms with E-state index in [0.717, 1.165) is 17.5 Å². The first-order chi connectivity index (χ1) is 14.1. The van der Waals surface area contributed by atoms with Crippen LogP contribution in [0.5, 0.6) is 5.75 Å². The minimum Gasteiger partial charge on any atom is -0.495 e. The van der Waals surface area contributed by atoms with Crippen molar-refractivity contribution in [2.75, 3.05) is 44.8 Å². The van der Waals surface area contributed by atoms with E-state index in [1.165, 1.54) is 12.1 Å². The highest BCUT2D eigenvalue weighted by Crippen LogP contribution is 2.28. The summed E-state index contributed by atoms with van der Waals surface area (Å²) in [5, 5.41) is 0. The van der Waals surface area contributed by atoms with Crippen LogP contribution in [0.25, 0.3) is 6.08 Å². The molecular formula is C22H23FN2O4. The zero-order valence-electron chi connectivity index (χ0n) is 16.2. The number of benzene rings is 2. The molecule has 0 saturated carbocycles. The van der Waals surface area contributed by atoms with E-state index in [-0.39, 0.29) is 18.1 Å². The maximum Gasteiger partial charge on any atom is 0.331 e. The van der Waals surface area contributed by atoms with Crippen molar-refractivity contribution < 1.29 is 23.5 Å². The van der Waals surface area contributed by atoms with Crippen molar-refractivity contribution in [1.29, 1.82) is 0 Å². The van der Waals surface area contributed by atoms with Crippen LogP contribution in [0.2, 0.25) is 0 Å². The molecule has 1 amide bonds. The molecule has 0 aromatic heterocycles. The fourth-order valence-corrected chi connectivity index (χ4v) is 3.13. The van der Waals surface area contributed by atoms with E-state index in [0.29, 0.717) is 26.2 Å². The van der Waals surface area contributed by atoms with Crippen molar-refractivity contribution in [1.82, 2.24) is 4.90 Å². The van der Waals surface area contributed by atoms with Crippen LogP contribution in [-0.2, 0) is 14.3 Å². The number of hydrogen-bond donors (Lipinski definition) is 0. The van der Waals surface area contributed by atoms with E-state index in [9.17, 15) is 14.0 Å². The number of nitrogens with zero attached hydrogens (tertiary/aromatic N) is 2. The normalized spacial score (nSPS) is 14.1. The van der Waals surface area contributed by atoms with Gasteiger partial charge in [-0.3, -0.25) is 4.79 Å². The van der Waals surface area contributed by atoms with Crippen LogP contribution in [0.15, 0.2) is 54.6 Å². The Balaban J connectivity index is 1.46. The van der Waals surface area contributed by atoms with Crippen LogP contribution in [-0.4, -0.2) is 56.7 Å². The van der Waals surface area contributed by atoms with Gasteiger partial charge in [0.15, 0.2) is 6.61 Å². The number of ether oxygens (including phenoxy) is 2. The Bertz CT molecular complexity index is 892. The minimum atomic E-state index is -0.686. The predicted octanol–water partition coefficient (Wildman–Crippen LogP) is 2.74. The number of rotatable bonds is 6. The number of halogens is 1. The Morgan fingerprint density at radius 2 is 1.72 bits per heavy atom. The average molecular weight is 398 g/mol. The maximum absolute atomic E-state index is 13.5. The van der Waals surface area contributed by atoms with E-state index in [2.05, 4.69) is 4.90 Å². The van der Waals surface area contributed by atoms with Gasteiger partial charge in [0.25, 0.3) is 5.91 Å². The Morgan fingerprint density at radius 3 is 2.45 bits per heavy atom. The summed E-state index contributed by atoms with van der Waals surface area (Å²) in [6.45, 7) is 2.04. The molecule has 7 heteroatoms. The molecule has 0 atom stereocenters. The lowest BCUT2D eigenvalue weighted by molar-refractivity contribution is -0.148. The lowest BCUT2D eigenvalue weighted by Crippen LogP contribution is -2.50. The smallest absolute Gasteiger partial charge is 0.331 e. The van der Waals surface area contributed by atoms with Gasteiger partial charge >= 0.3 is 5.97 Å². The van der Waals surface area contributed by atoms with Crippen molar-refractivity contribution in [2.24, 2.45) is 0 Å². The molecular weight excluding hydrogens is 375 g/mol. The minimum absolute atomic E-state index is 0.252. The lowest BCUT2D eigenvalue weighted by Gasteiger charge is -2.36. The van der Waals surface area contributed by atoms with Gasteiger partial charge < -0.3 is 19.3 Å². The van der Waals surface area contributed by atoms with Crippen LogP contribution in [0, 0.1) is 5.82 Å². The number of methoxy groups -OCH3 is 1. The van der Waals surface area contributed by atoms with Crippen LogP contribution >= 0.6 is 0 Å². The van der Waals surface area contributed by atoms with Crippen LogP contribution in [0.4, 0.5) is 10.1 Å². The summed E-state index contributed by atoms with van der Waals surface area (Å²) < 4.78 is 23.9. The SMILES string of the molecule is COc1ccccc1N1CCN(C(=O)COC(=O)/C=C/c2ccccc2F)CC1. The zero-order chi connectivity index (χ0) is 20.6. The second kappa shape index (κ2) is 9.73. The molecule has 0 radical (unpaired) electrons. The standard InChI is InChI=1S/C22H23FN2O4/c1-28-20-9-5-4-8-19(20)24-12-14-25(15-13-24)21(26)16-29-22(27)11-10-17-6-2-3-7-18(17)23/h2-11H,12-16H2,1H3/b11-10+. The lowest BCUT2D eigenvalue weighted by atomic mass is 10.2. The van der Waals surface area contributed by atoms with Crippen molar-refractivity contribution in [3.8, 4) is 5.75 Å². The summed E-state index contributed by atoms with van der Waals surface area (Å²) in [7, 11) is 1.63. The maximum atomic E-state index is 13.5. The number of piperazine rings is 1. The quantitative estimate of drug-likeness (QED) is 0.553. The third-order valence-electron chi connectivity index (χ3n) is 4.70. The molecule has 1 saturated heterocycles. The Morgan fingerprint density at radius 1 is 1.03 bits per heavy atom. The van der Waals surface area contributed by atoms with Crippen molar-refractivity contribution in [3.05, 3.63) is 66.0 Å². The van der Waals surface area contributed by atoms with Gasteiger partial charge in [-0.25, -0.2) is 9.18 Å². The van der Waals surface area contributed by atoms with E-state index >= 15 is 0 Å². The van der Waals surface area contributed by atoms with Crippen molar-refractivity contribution >= 4 is 23.6 Å². The summed E-state index contributed by atoms with van der Waals surface area (Å²) >= 11 is 0. The number of hydrogen-bond acceptors (Lipinski definition) is 5. The van der Waals surface area contributed by atoms with E-state index in [1.807, 2.05) is 24.3 Å². The second-order valence-corrected chi connectivity index (χ2v) is 6.50. The average Bonchev–Trinajstić information content (AvgIpc) is 2.77. The van der Waals surface area contributed by atoms with E-state index < -0.39 is 11.8 Å². The highest BCUT2D eigenvalue weighted by atomic mass is 19.1. The summed E-state index contributed by atoms with van der Waals surface area (Å²) in [5.74, 6) is -0.574. The highest BCUT2D eigenvalue weighted by molar-refractivity contribution is 5.89. The molecule has 0 N–H and O–H groups in total.